The topological polar surface area (TPSA) is 61.5 Å². The van der Waals surface area contributed by atoms with Crippen LogP contribution in [0.3, 0.4) is 0 Å². The van der Waals surface area contributed by atoms with Crippen molar-refractivity contribution in [3.8, 4) is 16.2 Å². The maximum atomic E-state index is 12.4. The first-order chi connectivity index (χ1) is 10.8. The third-order valence-electron chi connectivity index (χ3n) is 3.45. The zero-order chi connectivity index (χ0) is 17.1. The second-order valence-corrected chi connectivity index (χ2v) is 6.97. The van der Waals surface area contributed by atoms with Gasteiger partial charge in [0, 0.05) is 4.88 Å². The smallest absolute Gasteiger partial charge is 0.341 e. The number of carbonyl (C=O) groups is 1. The van der Waals surface area contributed by atoms with Crippen LogP contribution in [-0.2, 0) is 4.74 Å². The van der Waals surface area contributed by atoms with E-state index in [-0.39, 0.29) is 18.0 Å². The monoisotopic (exact) mass is 333 g/mol. The number of benzene rings is 1. The molecule has 4 nitrogen and oxygen atoms in total. The first-order valence-electron chi connectivity index (χ1n) is 7.62. The molecule has 0 radical (unpaired) electrons. The van der Waals surface area contributed by atoms with Crippen LogP contribution in [0, 0.1) is 0 Å². The molecule has 0 aliphatic rings. The summed E-state index contributed by atoms with van der Waals surface area (Å²) in [5.74, 6) is 0.608. The second kappa shape index (κ2) is 7.04. The van der Waals surface area contributed by atoms with Gasteiger partial charge in [0.1, 0.15) is 10.8 Å². The number of ether oxygens (including phenoxy) is 2. The van der Waals surface area contributed by atoms with Crippen LogP contribution in [0.1, 0.15) is 49.5 Å². The van der Waals surface area contributed by atoms with Crippen molar-refractivity contribution in [3.63, 3.8) is 0 Å². The van der Waals surface area contributed by atoms with Crippen LogP contribution in [0.5, 0.6) is 5.75 Å². The summed E-state index contributed by atoms with van der Waals surface area (Å²) in [6.45, 7) is 7.78. The van der Waals surface area contributed by atoms with E-state index >= 15 is 0 Å². The Bertz CT molecular complexity index is 687. The van der Waals surface area contributed by atoms with Crippen LogP contribution in [0.25, 0.3) is 10.4 Å². The highest BCUT2D eigenvalue weighted by atomic mass is 32.1. The molecular formula is C18H23NO3S. The normalized spacial score (nSPS) is 11.1. The highest BCUT2D eigenvalue weighted by molar-refractivity contribution is 7.19. The molecule has 23 heavy (non-hydrogen) atoms. The van der Waals surface area contributed by atoms with Gasteiger partial charge in [-0.3, -0.25) is 0 Å². The minimum Gasteiger partial charge on any atom is -0.497 e. The molecule has 0 saturated carbocycles. The fraction of sp³-hybridized carbons (Fsp3) is 0.389. The molecule has 0 aliphatic heterocycles. The fourth-order valence-corrected chi connectivity index (χ4v) is 3.67. The van der Waals surface area contributed by atoms with Crippen LogP contribution >= 0.6 is 11.3 Å². The van der Waals surface area contributed by atoms with Crippen LogP contribution in [-0.4, -0.2) is 19.2 Å². The van der Waals surface area contributed by atoms with E-state index < -0.39 is 0 Å². The standard InChI is InChI=1S/C18H23NO3S/c1-10(2)14-15(18(20)22-11(3)4)17(19)23-16(14)12-6-8-13(21-5)9-7-12/h6-11H,19H2,1-5H3. The van der Waals surface area contributed by atoms with Crippen molar-refractivity contribution in [1.29, 1.82) is 0 Å². The molecule has 1 aromatic carbocycles. The fourth-order valence-electron chi connectivity index (χ4n) is 2.45. The Balaban J connectivity index is 2.54. The van der Waals surface area contributed by atoms with Crippen molar-refractivity contribution < 1.29 is 14.3 Å². The molecular weight excluding hydrogens is 310 g/mol. The van der Waals surface area contributed by atoms with Gasteiger partial charge in [-0.1, -0.05) is 13.8 Å². The molecule has 2 N–H and O–H groups in total. The van der Waals surface area contributed by atoms with Gasteiger partial charge in [-0.05, 0) is 55.2 Å². The van der Waals surface area contributed by atoms with Crippen molar-refractivity contribution in [1.82, 2.24) is 0 Å². The van der Waals surface area contributed by atoms with E-state index in [1.165, 1.54) is 11.3 Å². The molecule has 0 unspecified atom stereocenters. The molecule has 1 aromatic heterocycles. The zero-order valence-electron chi connectivity index (χ0n) is 14.2. The summed E-state index contributed by atoms with van der Waals surface area (Å²) in [5.41, 5.74) is 8.62. The van der Waals surface area contributed by atoms with E-state index in [1.807, 2.05) is 38.1 Å². The van der Waals surface area contributed by atoms with Crippen molar-refractivity contribution in [3.05, 3.63) is 35.4 Å². The summed E-state index contributed by atoms with van der Waals surface area (Å²) in [6, 6.07) is 7.77. The molecule has 0 spiro atoms. The third kappa shape index (κ3) is 3.67. The molecule has 0 atom stereocenters. The number of anilines is 1. The van der Waals surface area contributed by atoms with Gasteiger partial charge < -0.3 is 15.2 Å². The molecule has 2 aromatic rings. The number of hydrogen-bond acceptors (Lipinski definition) is 5. The summed E-state index contributed by atoms with van der Waals surface area (Å²) in [5, 5.41) is 0.505. The first-order valence-corrected chi connectivity index (χ1v) is 8.44. The lowest BCUT2D eigenvalue weighted by Crippen LogP contribution is -2.14. The first kappa shape index (κ1) is 17.3. The number of esters is 1. The quantitative estimate of drug-likeness (QED) is 0.806. The van der Waals surface area contributed by atoms with E-state index in [1.54, 1.807) is 7.11 Å². The number of nitrogen functional groups attached to an aromatic ring is 1. The van der Waals surface area contributed by atoms with E-state index in [9.17, 15) is 4.79 Å². The highest BCUT2D eigenvalue weighted by Crippen LogP contribution is 2.43. The Labute approximate surface area is 141 Å². The number of methoxy groups -OCH3 is 1. The van der Waals surface area contributed by atoms with Gasteiger partial charge in [-0.25, -0.2) is 4.79 Å². The van der Waals surface area contributed by atoms with Gasteiger partial charge in [-0.15, -0.1) is 11.3 Å². The van der Waals surface area contributed by atoms with Gasteiger partial charge in [-0.2, -0.15) is 0 Å². The zero-order valence-corrected chi connectivity index (χ0v) is 15.0. The van der Waals surface area contributed by atoms with Gasteiger partial charge in [0.05, 0.1) is 18.8 Å². The highest BCUT2D eigenvalue weighted by Gasteiger charge is 2.26. The lowest BCUT2D eigenvalue weighted by atomic mass is 9.95. The summed E-state index contributed by atoms with van der Waals surface area (Å²) >= 11 is 1.43. The number of hydrogen-bond donors (Lipinski definition) is 1. The number of carbonyl (C=O) groups excluding carboxylic acids is 1. The van der Waals surface area contributed by atoms with E-state index in [4.69, 9.17) is 15.2 Å². The Morgan fingerprint density at radius 2 is 1.74 bits per heavy atom. The SMILES string of the molecule is COc1ccc(-c2sc(N)c(C(=O)OC(C)C)c2C(C)C)cc1. The average Bonchev–Trinajstić information content (AvgIpc) is 2.84. The largest absolute Gasteiger partial charge is 0.497 e. The Hall–Kier alpha value is -2.01. The summed E-state index contributed by atoms with van der Waals surface area (Å²) in [6.07, 6.45) is -0.175. The van der Waals surface area contributed by atoms with E-state index in [0.29, 0.717) is 10.6 Å². The summed E-state index contributed by atoms with van der Waals surface area (Å²) < 4.78 is 10.6. The van der Waals surface area contributed by atoms with Gasteiger partial charge in [0.25, 0.3) is 0 Å². The van der Waals surface area contributed by atoms with Crippen molar-refractivity contribution in [2.75, 3.05) is 12.8 Å². The maximum Gasteiger partial charge on any atom is 0.341 e. The predicted molar refractivity (Wildman–Crippen MR) is 95.4 cm³/mol. The van der Waals surface area contributed by atoms with E-state index in [0.717, 1.165) is 21.8 Å². The lowest BCUT2D eigenvalue weighted by Gasteiger charge is -2.13. The Morgan fingerprint density at radius 1 is 1.13 bits per heavy atom. The van der Waals surface area contributed by atoms with Gasteiger partial charge in [0.2, 0.25) is 0 Å². The van der Waals surface area contributed by atoms with Crippen molar-refractivity contribution in [2.45, 2.75) is 39.7 Å². The molecule has 0 bridgehead atoms. The van der Waals surface area contributed by atoms with Crippen LogP contribution in [0.2, 0.25) is 0 Å². The number of nitrogens with two attached hydrogens (primary N) is 1. The second-order valence-electron chi connectivity index (χ2n) is 5.92. The molecule has 0 aliphatic carbocycles. The van der Waals surface area contributed by atoms with Gasteiger partial charge >= 0.3 is 5.97 Å². The van der Waals surface area contributed by atoms with E-state index in [2.05, 4.69) is 13.8 Å². The minimum atomic E-state index is -0.350. The van der Waals surface area contributed by atoms with Crippen LogP contribution in [0.15, 0.2) is 24.3 Å². The van der Waals surface area contributed by atoms with Gasteiger partial charge in [0.15, 0.2) is 0 Å². The molecule has 5 heteroatoms. The summed E-state index contributed by atoms with van der Waals surface area (Å²) in [7, 11) is 1.64. The Kier molecular flexibility index (Phi) is 5.31. The number of thiophene rings is 1. The Morgan fingerprint density at radius 3 is 2.22 bits per heavy atom. The maximum absolute atomic E-state index is 12.4. The van der Waals surface area contributed by atoms with Crippen LogP contribution < -0.4 is 10.5 Å². The lowest BCUT2D eigenvalue weighted by molar-refractivity contribution is 0.0378. The molecule has 0 amide bonds. The number of rotatable bonds is 5. The third-order valence-corrected chi connectivity index (χ3v) is 4.53. The molecule has 1 heterocycles. The molecule has 0 fully saturated rings. The molecule has 124 valence electrons. The molecule has 2 rings (SSSR count). The summed E-state index contributed by atoms with van der Waals surface area (Å²) in [4.78, 5) is 13.4. The molecule has 0 saturated heterocycles. The average molecular weight is 333 g/mol. The van der Waals surface area contributed by atoms with Crippen LogP contribution in [0.4, 0.5) is 5.00 Å². The minimum absolute atomic E-state index is 0.162. The van der Waals surface area contributed by atoms with Crippen molar-refractivity contribution in [2.24, 2.45) is 0 Å². The predicted octanol–water partition coefficient (Wildman–Crippen LogP) is 4.69. The van der Waals surface area contributed by atoms with Crippen molar-refractivity contribution >= 4 is 22.3 Å².